The van der Waals surface area contributed by atoms with Crippen molar-refractivity contribution in [1.82, 2.24) is 0 Å². The van der Waals surface area contributed by atoms with Crippen LogP contribution in [0.3, 0.4) is 0 Å². The summed E-state index contributed by atoms with van der Waals surface area (Å²) in [6, 6.07) is 0. The number of carbonyl (C=O) groups excluding carboxylic acids is 1. The second-order valence-electron chi connectivity index (χ2n) is 3.71. The van der Waals surface area contributed by atoms with Crippen molar-refractivity contribution >= 4 is 5.78 Å². The Morgan fingerprint density at radius 2 is 1.31 bits per heavy atom. The van der Waals surface area contributed by atoms with E-state index in [1.54, 1.807) is 0 Å². The molecule has 0 aromatic carbocycles. The van der Waals surface area contributed by atoms with Crippen molar-refractivity contribution in [3.05, 3.63) is 71.9 Å². The lowest BCUT2D eigenvalue weighted by molar-refractivity contribution is -0.111. The smallest absolute Gasteiger partial charge is 0.192 e. The van der Waals surface area contributed by atoms with Gasteiger partial charge in [-0.1, -0.05) is 60.8 Å². The molecule has 0 fully saturated rings. The van der Waals surface area contributed by atoms with E-state index >= 15 is 0 Å². The Kier molecular flexibility index (Phi) is 3.50. The number of ketones is 1. The minimum atomic E-state index is 0.0885. The highest BCUT2D eigenvalue weighted by Gasteiger charge is 2.10. The monoisotopic (exact) mass is 210 g/mol. The SMILES string of the molecule is O=C(C1=CC=CCC=C1)C1=CC=CCC=C1. The first-order valence-corrected chi connectivity index (χ1v) is 5.49. The van der Waals surface area contributed by atoms with Gasteiger partial charge in [-0.15, -0.1) is 0 Å². The highest BCUT2D eigenvalue weighted by atomic mass is 16.1. The standard InChI is InChI=1S/C15H14O/c16-15(13-9-5-1-2-6-10-13)14-11-7-3-4-8-12-14/h1,3,5-12H,2,4H2. The van der Waals surface area contributed by atoms with Gasteiger partial charge < -0.3 is 0 Å². The van der Waals surface area contributed by atoms with Crippen molar-refractivity contribution < 1.29 is 4.79 Å². The summed E-state index contributed by atoms with van der Waals surface area (Å²) in [7, 11) is 0. The first kappa shape index (κ1) is 10.6. The molecule has 1 heteroatoms. The van der Waals surface area contributed by atoms with Gasteiger partial charge >= 0.3 is 0 Å². The number of hydrogen-bond donors (Lipinski definition) is 0. The van der Waals surface area contributed by atoms with Gasteiger partial charge in [-0.2, -0.15) is 0 Å². The normalized spacial score (nSPS) is 18.8. The number of hydrogen-bond acceptors (Lipinski definition) is 1. The van der Waals surface area contributed by atoms with Crippen molar-refractivity contribution in [2.75, 3.05) is 0 Å². The molecule has 0 saturated heterocycles. The highest BCUT2D eigenvalue weighted by Crippen LogP contribution is 2.14. The maximum atomic E-state index is 12.2. The Hall–Kier alpha value is -1.89. The molecule has 2 rings (SSSR count). The second-order valence-corrected chi connectivity index (χ2v) is 3.71. The third-order valence-corrected chi connectivity index (χ3v) is 2.49. The van der Waals surface area contributed by atoms with Crippen molar-refractivity contribution in [1.29, 1.82) is 0 Å². The van der Waals surface area contributed by atoms with Gasteiger partial charge in [-0.05, 0) is 12.8 Å². The molecule has 0 heterocycles. The largest absolute Gasteiger partial charge is 0.289 e. The lowest BCUT2D eigenvalue weighted by atomic mass is 10.0. The number of rotatable bonds is 2. The fraction of sp³-hybridized carbons (Fsp3) is 0.133. The van der Waals surface area contributed by atoms with Crippen LogP contribution in [0.5, 0.6) is 0 Å². The summed E-state index contributed by atoms with van der Waals surface area (Å²) in [5, 5.41) is 0. The Morgan fingerprint density at radius 3 is 1.81 bits per heavy atom. The van der Waals surface area contributed by atoms with Gasteiger partial charge in [0.05, 0.1) is 0 Å². The zero-order valence-electron chi connectivity index (χ0n) is 9.10. The molecule has 0 radical (unpaired) electrons. The lowest BCUT2D eigenvalue weighted by Gasteiger charge is -2.00. The van der Waals surface area contributed by atoms with Gasteiger partial charge in [0, 0.05) is 11.1 Å². The third kappa shape index (κ3) is 2.57. The summed E-state index contributed by atoms with van der Waals surface area (Å²) >= 11 is 0. The quantitative estimate of drug-likeness (QED) is 0.682. The summed E-state index contributed by atoms with van der Waals surface area (Å²) in [6.07, 6.45) is 21.3. The van der Waals surface area contributed by atoms with Gasteiger partial charge in [0.25, 0.3) is 0 Å². The van der Waals surface area contributed by atoms with Crippen LogP contribution in [0, 0.1) is 0 Å². The Morgan fingerprint density at radius 1 is 0.812 bits per heavy atom. The predicted molar refractivity (Wildman–Crippen MR) is 67.0 cm³/mol. The molecular formula is C15H14O. The molecule has 0 N–H and O–H groups in total. The third-order valence-electron chi connectivity index (χ3n) is 2.49. The summed E-state index contributed by atoms with van der Waals surface area (Å²) in [5.41, 5.74) is 1.50. The first-order valence-electron chi connectivity index (χ1n) is 5.49. The zero-order chi connectivity index (χ0) is 11.2. The van der Waals surface area contributed by atoms with E-state index < -0.39 is 0 Å². The lowest BCUT2D eigenvalue weighted by Crippen LogP contribution is -2.02. The van der Waals surface area contributed by atoms with E-state index in [1.165, 1.54) is 0 Å². The van der Waals surface area contributed by atoms with Gasteiger partial charge in [0.15, 0.2) is 5.78 Å². The molecule has 2 aliphatic carbocycles. The van der Waals surface area contributed by atoms with Gasteiger partial charge in [0.2, 0.25) is 0 Å². The summed E-state index contributed by atoms with van der Waals surface area (Å²) in [6.45, 7) is 0. The minimum absolute atomic E-state index is 0.0885. The molecule has 0 aliphatic heterocycles. The van der Waals surface area contributed by atoms with Crippen molar-refractivity contribution in [3.63, 3.8) is 0 Å². The van der Waals surface area contributed by atoms with Crippen molar-refractivity contribution in [2.24, 2.45) is 0 Å². The fourth-order valence-corrected chi connectivity index (χ4v) is 1.63. The molecule has 0 bridgehead atoms. The maximum absolute atomic E-state index is 12.2. The topological polar surface area (TPSA) is 17.1 Å². The van der Waals surface area contributed by atoms with Crippen LogP contribution in [0.15, 0.2) is 71.9 Å². The Bertz CT molecular complexity index is 412. The minimum Gasteiger partial charge on any atom is -0.289 e. The van der Waals surface area contributed by atoms with E-state index in [0.29, 0.717) is 0 Å². The summed E-state index contributed by atoms with van der Waals surface area (Å²) < 4.78 is 0. The van der Waals surface area contributed by atoms with Crippen LogP contribution in [0.4, 0.5) is 0 Å². The van der Waals surface area contributed by atoms with Crippen LogP contribution in [0.1, 0.15) is 12.8 Å². The van der Waals surface area contributed by atoms with E-state index in [-0.39, 0.29) is 5.78 Å². The van der Waals surface area contributed by atoms with Crippen LogP contribution < -0.4 is 0 Å². The Labute approximate surface area is 95.9 Å². The average molecular weight is 210 g/mol. The maximum Gasteiger partial charge on any atom is 0.192 e. The molecule has 16 heavy (non-hydrogen) atoms. The first-order chi connectivity index (χ1) is 7.88. The summed E-state index contributed by atoms with van der Waals surface area (Å²) in [5.74, 6) is 0.0885. The van der Waals surface area contributed by atoms with Crippen LogP contribution in [-0.4, -0.2) is 5.78 Å². The van der Waals surface area contributed by atoms with Gasteiger partial charge in [-0.3, -0.25) is 4.79 Å². The van der Waals surface area contributed by atoms with E-state index in [0.717, 1.165) is 24.0 Å². The number of Topliss-reactive ketones (excluding diaryl/α,β-unsaturated/α-hetero) is 1. The molecule has 80 valence electrons. The van der Waals surface area contributed by atoms with Gasteiger partial charge in [-0.25, -0.2) is 0 Å². The molecule has 2 aliphatic rings. The zero-order valence-corrected chi connectivity index (χ0v) is 9.10. The molecule has 0 atom stereocenters. The van der Waals surface area contributed by atoms with Crippen LogP contribution in [0.25, 0.3) is 0 Å². The van der Waals surface area contributed by atoms with Crippen LogP contribution in [0.2, 0.25) is 0 Å². The molecule has 0 aromatic rings. The fourth-order valence-electron chi connectivity index (χ4n) is 1.63. The van der Waals surface area contributed by atoms with E-state index in [4.69, 9.17) is 0 Å². The van der Waals surface area contributed by atoms with Crippen LogP contribution >= 0.6 is 0 Å². The van der Waals surface area contributed by atoms with E-state index in [2.05, 4.69) is 0 Å². The van der Waals surface area contributed by atoms with E-state index in [9.17, 15) is 4.79 Å². The summed E-state index contributed by atoms with van der Waals surface area (Å²) in [4.78, 5) is 12.2. The average Bonchev–Trinajstić information content (AvgIpc) is 2.73. The molecular weight excluding hydrogens is 196 g/mol. The van der Waals surface area contributed by atoms with Crippen molar-refractivity contribution in [3.8, 4) is 0 Å². The van der Waals surface area contributed by atoms with Crippen molar-refractivity contribution in [2.45, 2.75) is 12.8 Å². The molecule has 0 amide bonds. The molecule has 1 nitrogen and oxygen atoms in total. The predicted octanol–water partition coefficient (Wildman–Crippen LogP) is 3.44. The molecule has 0 unspecified atom stereocenters. The number of carbonyl (C=O) groups is 1. The molecule has 0 spiro atoms. The number of allylic oxidation sites excluding steroid dienone is 12. The Balaban J connectivity index is 2.24. The van der Waals surface area contributed by atoms with Gasteiger partial charge in [0.1, 0.15) is 0 Å². The molecule has 0 aromatic heterocycles. The highest BCUT2D eigenvalue weighted by molar-refractivity contribution is 6.12. The molecule has 0 saturated carbocycles. The van der Waals surface area contributed by atoms with E-state index in [1.807, 2.05) is 60.8 Å². The van der Waals surface area contributed by atoms with Crippen LogP contribution in [-0.2, 0) is 4.79 Å². The second kappa shape index (κ2) is 5.26.